The fraction of sp³-hybridized carbons (Fsp3) is 0.0625. The Balaban J connectivity index is 2.03. The lowest BCUT2D eigenvalue weighted by molar-refractivity contribution is -0.384. The van der Waals surface area contributed by atoms with Gasteiger partial charge in [0, 0.05) is 28.4 Å². The largest absolute Gasteiger partial charge is 0.322 e. The molecule has 0 heterocycles. The first-order chi connectivity index (χ1) is 10.5. The van der Waals surface area contributed by atoms with Crippen LogP contribution in [0.4, 0.5) is 11.4 Å². The van der Waals surface area contributed by atoms with Crippen LogP contribution in [0.2, 0.25) is 0 Å². The number of nitro groups is 1. The van der Waals surface area contributed by atoms with Crippen molar-refractivity contribution in [3.8, 4) is 0 Å². The molecular formula is C16H13BrN2O3. The van der Waals surface area contributed by atoms with E-state index in [9.17, 15) is 14.9 Å². The highest BCUT2D eigenvalue weighted by atomic mass is 79.9. The van der Waals surface area contributed by atoms with Crippen LogP contribution >= 0.6 is 15.9 Å². The molecule has 0 spiro atoms. The Bertz CT molecular complexity index is 740. The van der Waals surface area contributed by atoms with E-state index >= 15 is 0 Å². The lowest BCUT2D eigenvalue weighted by atomic mass is 10.2. The van der Waals surface area contributed by atoms with E-state index in [4.69, 9.17) is 0 Å². The molecule has 0 unspecified atom stereocenters. The summed E-state index contributed by atoms with van der Waals surface area (Å²) in [6.45, 7) is 1.90. The number of anilines is 1. The lowest BCUT2D eigenvalue weighted by Gasteiger charge is -2.06. The molecule has 0 aliphatic heterocycles. The van der Waals surface area contributed by atoms with Crippen LogP contribution < -0.4 is 5.32 Å². The van der Waals surface area contributed by atoms with Crippen LogP contribution in [-0.4, -0.2) is 10.8 Å². The van der Waals surface area contributed by atoms with E-state index in [1.807, 2.05) is 25.1 Å². The molecule has 2 aromatic carbocycles. The normalized spacial score (nSPS) is 10.6. The average Bonchev–Trinajstić information content (AvgIpc) is 2.48. The standard InChI is InChI=1S/C16H13BrN2O3/c1-11-10-13(17)5-8-15(11)18-16(20)9-4-12-2-6-14(7-3-12)19(21)22/h2-10H,1H3,(H,18,20)/b9-4+. The third kappa shape index (κ3) is 4.26. The summed E-state index contributed by atoms with van der Waals surface area (Å²) in [5.74, 6) is -0.260. The van der Waals surface area contributed by atoms with Crippen molar-refractivity contribution >= 4 is 39.3 Å². The van der Waals surface area contributed by atoms with Gasteiger partial charge in [0.1, 0.15) is 0 Å². The summed E-state index contributed by atoms with van der Waals surface area (Å²) >= 11 is 3.37. The predicted octanol–water partition coefficient (Wildman–Crippen LogP) is 4.32. The number of rotatable bonds is 4. The summed E-state index contributed by atoms with van der Waals surface area (Å²) in [6, 6.07) is 11.6. The van der Waals surface area contributed by atoms with E-state index < -0.39 is 4.92 Å². The molecule has 0 aliphatic rings. The van der Waals surface area contributed by atoms with E-state index in [1.54, 1.807) is 18.2 Å². The van der Waals surface area contributed by atoms with Gasteiger partial charge in [-0.05, 0) is 54.5 Å². The van der Waals surface area contributed by atoms with Crippen LogP contribution in [-0.2, 0) is 4.79 Å². The molecule has 2 aromatic rings. The Hall–Kier alpha value is -2.47. The molecule has 2 rings (SSSR count). The number of carbonyl (C=O) groups excluding carboxylic acids is 1. The molecule has 1 amide bonds. The maximum atomic E-state index is 11.9. The highest BCUT2D eigenvalue weighted by Crippen LogP contribution is 2.20. The molecule has 0 fully saturated rings. The lowest BCUT2D eigenvalue weighted by Crippen LogP contribution is -2.08. The minimum absolute atomic E-state index is 0.0205. The van der Waals surface area contributed by atoms with Gasteiger partial charge in [-0.25, -0.2) is 0 Å². The minimum Gasteiger partial charge on any atom is -0.322 e. The van der Waals surface area contributed by atoms with Gasteiger partial charge < -0.3 is 5.32 Å². The van der Waals surface area contributed by atoms with Gasteiger partial charge in [0.15, 0.2) is 0 Å². The molecule has 5 nitrogen and oxygen atoms in total. The zero-order valence-electron chi connectivity index (χ0n) is 11.7. The van der Waals surface area contributed by atoms with Crippen LogP contribution in [0.3, 0.4) is 0 Å². The van der Waals surface area contributed by atoms with Gasteiger partial charge in [-0.2, -0.15) is 0 Å². The smallest absolute Gasteiger partial charge is 0.269 e. The zero-order chi connectivity index (χ0) is 16.1. The number of carbonyl (C=O) groups is 1. The zero-order valence-corrected chi connectivity index (χ0v) is 13.3. The van der Waals surface area contributed by atoms with E-state index in [0.29, 0.717) is 5.56 Å². The van der Waals surface area contributed by atoms with Crippen molar-refractivity contribution in [2.75, 3.05) is 5.32 Å². The first-order valence-corrected chi connectivity index (χ1v) is 7.24. The van der Waals surface area contributed by atoms with Gasteiger partial charge in [-0.3, -0.25) is 14.9 Å². The number of non-ortho nitro benzene ring substituents is 1. The van der Waals surface area contributed by atoms with Crippen LogP contribution in [0.25, 0.3) is 6.08 Å². The summed E-state index contributed by atoms with van der Waals surface area (Å²) in [7, 11) is 0. The number of nitro benzene ring substituents is 1. The van der Waals surface area contributed by atoms with Crippen LogP contribution in [0, 0.1) is 17.0 Å². The molecule has 0 saturated heterocycles. The first-order valence-electron chi connectivity index (χ1n) is 6.45. The second kappa shape index (κ2) is 7.00. The third-order valence-electron chi connectivity index (χ3n) is 2.98. The van der Waals surface area contributed by atoms with Gasteiger partial charge in [0.25, 0.3) is 5.69 Å². The van der Waals surface area contributed by atoms with Gasteiger partial charge >= 0.3 is 0 Å². The van der Waals surface area contributed by atoms with E-state index in [-0.39, 0.29) is 11.6 Å². The molecule has 0 aliphatic carbocycles. The molecule has 0 radical (unpaired) electrons. The maximum Gasteiger partial charge on any atom is 0.269 e. The van der Waals surface area contributed by atoms with E-state index in [0.717, 1.165) is 15.7 Å². The highest BCUT2D eigenvalue weighted by Gasteiger charge is 2.04. The first kappa shape index (κ1) is 15.9. The van der Waals surface area contributed by atoms with Crippen LogP contribution in [0.15, 0.2) is 53.0 Å². The number of benzene rings is 2. The second-order valence-electron chi connectivity index (χ2n) is 4.63. The molecule has 1 N–H and O–H groups in total. The Morgan fingerprint density at radius 1 is 1.23 bits per heavy atom. The average molecular weight is 361 g/mol. The molecule has 0 atom stereocenters. The quantitative estimate of drug-likeness (QED) is 0.501. The number of halogens is 1. The predicted molar refractivity (Wildman–Crippen MR) is 89.6 cm³/mol. The van der Waals surface area contributed by atoms with Crippen molar-refractivity contribution in [2.24, 2.45) is 0 Å². The van der Waals surface area contributed by atoms with Crippen molar-refractivity contribution in [1.29, 1.82) is 0 Å². The van der Waals surface area contributed by atoms with E-state index in [1.165, 1.54) is 18.2 Å². The molecular weight excluding hydrogens is 348 g/mol. The van der Waals surface area contributed by atoms with Gasteiger partial charge in [-0.15, -0.1) is 0 Å². The minimum atomic E-state index is -0.462. The molecule has 0 saturated carbocycles. The van der Waals surface area contributed by atoms with Crippen molar-refractivity contribution in [1.82, 2.24) is 0 Å². The Morgan fingerprint density at radius 2 is 1.91 bits per heavy atom. The van der Waals surface area contributed by atoms with Gasteiger partial charge in [-0.1, -0.05) is 15.9 Å². The molecule has 0 aromatic heterocycles. The number of hydrogen-bond acceptors (Lipinski definition) is 3. The number of nitrogens with one attached hydrogen (secondary N) is 1. The number of aryl methyl sites for hydroxylation is 1. The van der Waals surface area contributed by atoms with Crippen LogP contribution in [0.5, 0.6) is 0 Å². The fourth-order valence-corrected chi connectivity index (χ4v) is 2.30. The second-order valence-corrected chi connectivity index (χ2v) is 5.55. The molecule has 22 heavy (non-hydrogen) atoms. The van der Waals surface area contributed by atoms with Crippen LogP contribution in [0.1, 0.15) is 11.1 Å². The maximum absolute atomic E-state index is 11.9. The van der Waals surface area contributed by atoms with Gasteiger partial charge in [0.2, 0.25) is 5.91 Å². The van der Waals surface area contributed by atoms with Gasteiger partial charge in [0.05, 0.1) is 4.92 Å². The van der Waals surface area contributed by atoms with Crippen molar-refractivity contribution < 1.29 is 9.72 Å². The fourth-order valence-electron chi connectivity index (χ4n) is 1.82. The number of amides is 1. The van der Waals surface area contributed by atoms with Crippen molar-refractivity contribution in [3.05, 3.63) is 74.3 Å². The molecule has 0 bridgehead atoms. The summed E-state index contributed by atoms with van der Waals surface area (Å²) in [5, 5.41) is 13.3. The Labute approximate surface area is 135 Å². The summed E-state index contributed by atoms with van der Waals surface area (Å²) < 4.78 is 0.949. The summed E-state index contributed by atoms with van der Waals surface area (Å²) in [6.07, 6.45) is 3.00. The number of hydrogen-bond donors (Lipinski definition) is 1. The Kier molecular flexibility index (Phi) is 5.06. The number of nitrogens with zero attached hydrogens (tertiary/aromatic N) is 1. The van der Waals surface area contributed by atoms with E-state index in [2.05, 4.69) is 21.2 Å². The van der Waals surface area contributed by atoms with Crippen molar-refractivity contribution in [2.45, 2.75) is 6.92 Å². The highest BCUT2D eigenvalue weighted by molar-refractivity contribution is 9.10. The Morgan fingerprint density at radius 3 is 2.50 bits per heavy atom. The SMILES string of the molecule is Cc1cc(Br)ccc1NC(=O)/C=C/c1ccc([N+](=O)[O-])cc1. The summed E-state index contributed by atoms with van der Waals surface area (Å²) in [4.78, 5) is 22.0. The van der Waals surface area contributed by atoms with Crippen molar-refractivity contribution in [3.63, 3.8) is 0 Å². The monoisotopic (exact) mass is 360 g/mol. The third-order valence-corrected chi connectivity index (χ3v) is 3.47. The molecule has 112 valence electrons. The molecule has 6 heteroatoms. The topological polar surface area (TPSA) is 72.2 Å². The summed E-state index contributed by atoms with van der Waals surface area (Å²) in [5.41, 5.74) is 2.42.